The largest absolute Gasteiger partial charge is 0.489 e. The maximum absolute atomic E-state index is 12.0. The van der Waals surface area contributed by atoms with Crippen LogP contribution in [0.25, 0.3) is 0 Å². The van der Waals surface area contributed by atoms with Crippen molar-refractivity contribution in [2.24, 2.45) is 10.2 Å². The predicted octanol–water partition coefficient (Wildman–Crippen LogP) is 4.37. The molecule has 0 aliphatic rings. The standard InChI is InChI=1S/C27H32N4O4/c1-3-18-34-24-14-10-8-12-22(24)20-28-30-26(32)16-6-5-7-17-27(33)31-29-21-23-13-9-11-15-25(23)35-19-4-2/h3-4,8-15,20-21H,1-2,5-7,16-19H2,(H,30,32)(H,31,33)/b28-20+,29-21+. The fourth-order valence-electron chi connectivity index (χ4n) is 2.94. The summed E-state index contributed by atoms with van der Waals surface area (Å²) in [6.07, 6.45) is 9.12. The third-order valence-electron chi connectivity index (χ3n) is 4.64. The molecule has 0 atom stereocenters. The van der Waals surface area contributed by atoms with Gasteiger partial charge in [-0.2, -0.15) is 10.2 Å². The highest BCUT2D eigenvalue weighted by atomic mass is 16.5. The van der Waals surface area contributed by atoms with Crippen molar-refractivity contribution in [1.82, 2.24) is 10.9 Å². The Bertz CT molecular complexity index is 952. The van der Waals surface area contributed by atoms with E-state index in [-0.39, 0.29) is 11.8 Å². The number of para-hydroxylation sites is 2. The number of rotatable bonds is 16. The number of benzene rings is 2. The molecule has 0 unspecified atom stereocenters. The molecule has 0 spiro atoms. The molecule has 8 heteroatoms. The van der Waals surface area contributed by atoms with Crippen LogP contribution in [0.4, 0.5) is 0 Å². The van der Waals surface area contributed by atoms with Gasteiger partial charge in [0.25, 0.3) is 0 Å². The highest BCUT2D eigenvalue weighted by Crippen LogP contribution is 2.16. The normalized spacial score (nSPS) is 10.7. The lowest BCUT2D eigenvalue weighted by molar-refractivity contribution is -0.121. The Kier molecular flexibility index (Phi) is 12.7. The number of hydrogen-bond donors (Lipinski definition) is 2. The van der Waals surface area contributed by atoms with E-state index in [1.54, 1.807) is 24.6 Å². The number of carbonyl (C=O) groups excluding carboxylic acids is 2. The van der Waals surface area contributed by atoms with Gasteiger partial charge < -0.3 is 9.47 Å². The quantitative estimate of drug-likeness (QED) is 0.163. The molecule has 2 amide bonds. The number of hydrogen-bond acceptors (Lipinski definition) is 6. The van der Waals surface area contributed by atoms with Gasteiger partial charge in [0.1, 0.15) is 24.7 Å². The van der Waals surface area contributed by atoms with Crippen LogP contribution in [0.5, 0.6) is 11.5 Å². The van der Waals surface area contributed by atoms with E-state index in [4.69, 9.17) is 9.47 Å². The number of carbonyl (C=O) groups is 2. The summed E-state index contributed by atoms with van der Waals surface area (Å²) in [5, 5.41) is 7.99. The lowest BCUT2D eigenvalue weighted by atomic mass is 10.1. The van der Waals surface area contributed by atoms with Crippen LogP contribution in [0.15, 0.2) is 84.0 Å². The Morgan fingerprint density at radius 1 is 0.714 bits per heavy atom. The lowest BCUT2D eigenvalue weighted by Crippen LogP contribution is -2.18. The number of nitrogens with one attached hydrogen (secondary N) is 2. The first-order valence-electron chi connectivity index (χ1n) is 11.4. The Balaban J connectivity index is 1.62. The van der Waals surface area contributed by atoms with Crippen LogP contribution in [-0.2, 0) is 9.59 Å². The van der Waals surface area contributed by atoms with E-state index in [2.05, 4.69) is 34.2 Å². The molecule has 0 fully saturated rings. The number of hydrazone groups is 2. The molecule has 2 aromatic carbocycles. The van der Waals surface area contributed by atoms with E-state index < -0.39 is 0 Å². The third-order valence-corrected chi connectivity index (χ3v) is 4.64. The van der Waals surface area contributed by atoms with E-state index in [1.165, 1.54) is 0 Å². The predicted molar refractivity (Wildman–Crippen MR) is 139 cm³/mol. The Labute approximate surface area is 206 Å². The maximum Gasteiger partial charge on any atom is 0.240 e. The second kappa shape index (κ2) is 16.4. The van der Waals surface area contributed by atoms with Crippen LogP contribution in [0.1, 0.15) is 43.2 Å². The topological polar surface area (TPSA) is 101 Å². The summed E-state index contributed by atoms with van der Waals surface area (Å²) >= 11 is 0. The molecule has 2 N–H and O–H groups in total. The molecule has 0 bridgehead atoms. The lowest BCUT2D eigenvalue weighted by Gasteiger charge is -2.06. The first kappa shape index (κ1) is 27.0. The molecule has 35 heavy (non-hydrogen) atoms. The molecule has 0 aliphatic carbocycles. The zero-order valence-corrected chi connectivity index (χ0v) is 19.8. The van der Waals surface area contributed by atoms with Crippen molar-refractivity contribution in [1.29, 1.82) is 0 Å². The molecular weight excluding hydrogens is 444 g/mol. The van der Waals surface area contributed by atoms with Crippen molar-refractivity contribution in [3.05, 3.63) is 85.0 Å². The molecule has 0 saturated heterocycles. The van der Waals surface area contributed by atoms with E-state index >= 15 is 0 Å². The minimum absolute atomic E-state index is 0.183. The van der Waals surface area contributed by atoms with Gasteiger partial charge in [0, 0.05) is 24.0 Å². The zero-order valence-electron chi connectivity index (χ0n) is 19.8. The second-order valence-electron chi connectivity index (χ2n) is 7.42. The van der Waals surface area contributed by atoms with Gasteiger partial charge in [-0.25, -0.2) is 10.9 Å². The van der Waals surface area contributed by atoms with E-state index in [0.29, 0.717) is 50.4 Å². The number of nitrogens with zero attached hydrogens (tertiary/aromatic N) is 2. The molecule has 2 aromatic rings. The molecule has 0 heterocycles. The van der Waals surface area contributed by atoms with Gasteiger partial charge in [-0.1, -0.05) is 56.0 Å². The average Bonchev–Trinajstić information content (AvgIpc) is 2.87. The number of ether oxygens (including phenoxy) is 2. The molecule has 184 valence electrons. The van der Waals surface area contributed by atoms with Gasteiger partial charge in [-0.15, -0.1) is 0 Å². The summed E-state index contributed by atoms with van der Waals surface area (Å²) in [6, 6.07) is 14.8. The van der Waals surface area contributed by atoms with Crippen LogP contribution in [-0.4, -0.2) is 37.5 Å². The Morgan fingerprint density at radius 2 is 1.14 bits per heavy atom. The molecule has 0 aromatic heterocycles. The van der Waals surface area contributed by atoms with Crippen LogP contribution in [0, 0.1) is 0 Å². The molecular formula is C27H32N4O4. The summed E-state index contributed by atoms with van der Waals surface area (Å²) in [5.74, 6) is 0.964. The molecule has 0 radical (unpaired) electrons. The summed E-state index contributed by atoms with van der Waals surface area (Å²) in [7, 11) is 0. The highest BCUT2D eigenvalue weighted by Gasteiger charge is 2.04. The summed E-state index contributed by atoms with van der Waals surface area (Å²) in [5.41, 5.74) is 6.55. The highest BCUT2D eigenvalue weighted by molar-refractivity contribution is 5.86. The minimum atomic E-state index is -0.183. The zero-order chi connectivity index (χ0) is 25.1. The van der Waals surface area contributed by atoms with Crippen molar-refractivity contribution in [2.45, 2.75) is 32.1 Å². The van der Waals surface area contributed by atoms with Crippen molar-refractivity contribution in [3.8, 4) is 11.5 Å². The minimum Gasteiger partial charge on any atom is -0.489 e. The van der Waals surface area contributed by atoms with Gasteiger partial charge in [0.2, 0.25) is 11.8 Å². The van der Waals surface area contributed by atoms with E-state index in [9.17, 15) is 9.59 Å². The smallest absolute Gasteiger partial charge is 0.240 e. The Morgan fingerprint density at radius 3 is 1.57 bits per heavy atom. The molecule has 2 rings (SSSR count). The van der Waals surface area contributed by atoms with Gasteiger partial charge in [-0.3, -0.25) is 9.59 Å². The number of unbranched alkanes of at least 4 members (excludes halogenated alkanes) is 2. The molecule has 0 saturated carbocycles. The molecule has 0 aliphatic heterocycles. The van der Waals surface area contributed by atoms with Gasteiger partial charge in [0.15, 0.2) is 0 Å². The van der Waals surface area contributed by atoms with Gasteiger partial charge in [-0.05, 0) is 37.1 Å². The van der Waals surface area contributed by atoms with Gasteiger partial charge in [0.05, 0.1) is 12.4 Å². The van der Waals surface area contributed by atoms with Gasteiger partial charge >= 0.3 is 0 Å². The third kappa shape index (κ3) is 11.0. The maximum atomic E-state index is 12.0. The van der Waals surface area contributed by atoms with Crippen molar-refractivity contribution >= 4 is 24.2 Å². The van der Waals surface area contributed by atoms with Crippen molar-refractivity contribution < 1.29 is 19.1 Å². The van der Waals surface area contributed by atoms with Crippen LogP contribution >= 0.6 is 0 Å². The second-order valence-corrected chi connectivity index (χ2v) is 7.42. The van der Waals surface area contributed by atoms with Crippen LogP contribution in [0.3, 0.4) is 0 Å². The summed E-state index contributed by atoms with van der Waals surface area (Å²) < 4.78 is 11.1. The fraction of sp³-hybridized carbons (Fsp3) is 0.259. The molecule has 8 nitrogen and oxygen atoms in total. The van der Waals surface area contributed by atoms with Crippen LogP contribution < -0.4 is 20.3 Å². The first-order chi connectivity index (χ1) is 17.1. The van der Waals surface area contributed by atoms with E-state index in [0.717, 1.165) is 17.5 Å². The van der Waals surface area contributed by atoms with Crippen LogP contribution in [0.2, 0.25) is 0 Å². The monoisotopic (exact) mass is 476 g/mol. The Hall–Kier alpha value is -4.20. The number of amides is 2. The van der Waals surface area contributed by atoms with E-state index in [1.807, 2.05) is 48.5 Å². The first-order valence-corrected chi connectivity index (χ1v) is 11.4. The summed E-state index contributed by atoms with van der Waals surface area (Å²) in [6.45, 7) is 8.03. The SMILES string of the molecule is C=CCOc1ccccc1/C=N/NC(=O)CCCCCC(=O)N/N=C/c1ccccc1OCC=C. The fourth-order valence-corrected chi connectivity index (χ4v) is 2.94. The summed E-state index contributed by atoms with van der Waals surface area (Å²) in [4.78, 5) is 23.9. The van der Waals surface area contributed by atoms with Crippen molar-refractivity contribution in [2.75, 3.05) is 13.2 Å². The van der Waals surface area contributed by atoms with Crippen molar-refractivity contribution in [3.63, 3.8) is 0 Å². The average molecular weight is 477 g/mol.